The minimum atomic E-state index is 0.638. The number of nitrogens with zero attached hydrogens (tertiary/aromatic N) is 2. The molecule has 1 rings (SSSR count). The SMILES string of the molecule is CSc1cc(NN)ncn1. The minimum absolute atomic E-state index is 0.638. The highest BCUT2D eigenvalue weighted by Gasteiger charge is 1.92. The van der Waals surface area contributed by atoms with Crippen LogP contribution in [0.5, 0.6) is 0 Å². The number of hydrazine groups is 1. The van der Waals surface area contributed by atoms with Crippen molar-refractivity contribution in [2.24, 2.45) is 5.84 Å². The largest absolute Gasteiger partial charge is 0.308 e. The highest BCUT2D eigenvalue weighted by atomic mass is 32.2. The molecule has 0 aromatic carbocycles. The van der Waals surface area contributed by atoms with E-state index in [1.807, 2.05) is 6.26 Å². The lowest BCUT2D eigenvalue weighted by atomic mass is 10.6. The third-order valence-corrected chi connectivity index (χ3v) is 1.64. The van der Waals surface area contributed by atoms with Gasteiger partial charge in [0, 0.05) is 6.07 Å². The molecule has 1 aromatic heterocycles. The zero-order valence-electron chi connectivity index (χ0n) is 5.53. The molecule has 0 atom stereocenters. The lowest BCUT2D eigenvalue weighted by Crippen LogP contribution is -2.08. The summed E-state index contributed by atoms with van der Waals surface area (Å²) in [6, 6.07) is 1.78. The Morgan fingerprint density at radius 2 is 2.40 bits per heavy atom. The normalized spacial score (nSPS) is 9.40. The molecule has 54 valence electrons. The molecule has 10 heavy (non-hydrogen) atoms. The van der Waals surface area contributed by atoms with E-state index in [0.717, 1.165) is 5.03 Å². The Hall–Kier alpha value is -0.810. The number of nitrogens with one attached hydrogen (secondary N) is 1. The summed E-state index contributed by atoms with van der Waals surface area (Å²) in [5, 5.41) is 0.906. The van der Waals surface area contributed by atoms with Crippen molar-refractivity contribution in [1.82, 2.24) is 9.97 Å². The van der Waals surface area contributed by atoms with Crippen LogP contribution >= 0.6 is 11.8 Å². The summed E-state index contributed by atoms with van der Waals surface area (Å²) < 4.78 is 0. The van der Waals surface area contributed by atoms with Crippen LogP contribution in [0.1, 0.15) is 0 Å². The van der Waals surface area contributed by atoms with Gasteiger partial charge in [0.15, 0.2) is 0 Å². The number of nitrogens with two attached hydrogens (primary N) is 1. The predicted octanol–water partition coefficient (Wildman–Crippen LogP) is 0.484. The van der Waals surface area contributed by atoms with Crippen molar-refractivity contribution in [2.45, 2.75) is 5.03 Å². The molecule has 0 unspecified atom stereocenters. The fraction of sp³-hybridized carbons (Fsp3) is 0.200. The maximum absolute atomic E-state index is 5.12. The summed E-state index contributed by atoms with van der Waals surface area (Å²) in [4.78, 5) is 7.81. The summed E-state index contributed by atoms with van der Waals surface area (Å²) in [7, 11) is 0. The molecule has 5 heteroatoms. The Bertz CT molecular complexity index is 195. The quantitative estimate of drug-likeness (QED) is 0.282. The van der Waals surface area contributed by atoms with Gasteiger partial charge in [-0.1, -0.05) is 0 Å². The molecule has 0 aliphatic rings. The van der Waals surface area contributed by atoms with Crippen molar-refractivity contribution < 1.29 is 0 Å². The lowest BCUT2D eigenvalue weighted by Gasteiger charge is -1.98. The third kappa shape index (κ3) is 1.58. The highest BCUT2D eigenvalue weighted by molar-refractivity contribution is 7.98. The molecule has 3 N–H and O–H groups in total. The van der Waals surface area contributed by atoms with Crippen molar-refractivity contribution in [3.8, 4) is 0 Å². The molecule has 0 aliphatic heterocycles. The molecule has 4 nitrogen and oxygen atoms in total. The van der Waals surface area contributed by atoms with Crippen LogP contribution in [-0.4, -0.2) is 16.2 Å². The van der Waals surface area contributed by atoms with Gasteiger partial charge < -0.3 is 5.43 Å². The Morgan fingerprint density at radius 1 is 1.60 bits per heavy atom. The highest BCUT2D eigenvalue weighted by Crippen LogP contribution is 2.12. The van der Waals surface area contributed by atoms with E-state index in [1.165, 1.54) is 6.33 Å². The lowest BCUT2D eigenvalue weighted by molar-refractivity contribution is 1.04. The average Bonchev–Trinajstić information content (AvgIpc) is 2.05. The first-order valence-electron chi connectivity index (χ1n) is 2.69. The summed E-state index contributed by atoms with van der Waals surface area (Å²) in [5.74, 6) is 5.76. The monoisotopic (exact) mass is 156 g/mol. The first-order chi connectivity index (χ1) is 4.86. The molecular weight excluding hydrogens is 148 g/mol. The van der Waals surface area contributed by atoms with Crippen molar-refractivity contribution in [1.29, 1.82) is 0 Å². The van der Waals surface area contributed by atoms with Gasteiger partial charge in [0.05, 0.1) is 0 Å². The zero-order valence-corrected chi connectivity index (χ0v) is 6.35. The maximum Gasteiger partial charge on any atom is 0.144 e. The Morgan fingerprint density at radius 3 is 3.00 bits per heavy atom. The molecule has 0 saturated heterocycles. The maximum atomic E-state index is 5.12. The molecular formula is C5H8N4S. The summed E-state index contributed by atoms with van der Waals surface area (Å²) in [6.07, 6.45) is 3.42. The van der Waals surface area contributed by atoms with Gasteiger partial charge in [-0.15, -0.1) is 11.8 Å². The van der Waals surface area contributed by atoms with E-state index in [9.17, 15) is 0 Å². The predicted molar refractivity (Wildman–Crippen MR) is 41.6 cm³/mol. The fourth-order valence-corrected chi connectivity index (χ4v) is 0.912. The van der Waals surface area contributed by atoms with Crippen molar-refractivity contribution in [3.63, 3.8) is 0 Å². The van der Waals surface area contributed by atoms with Crippen LogP contribution in [0.25, 0.3) is 0 Å². The molecule has 0 aliphatic carbocycles. The standard InChI is InChI=1S/C5H8N4S/c1-10-5-2-4(9-6)7-3-8-5/h2-3H,6H2,1H3,(H,7,8,9). The van der Waals surface area contributed by atoms with Crippen LogP contribution in [-0.2, 0) is 0 Å². The summed E-state index contributed by atoms with van der Waals surface area (Å²) in [6.45, 7) is 0. The van der Waals surface area contributed by atoms with E-state index in [2.05, 4.69) is 15.4 Å². The van der Waals surface area contributed by atoms with Crippen molar-refractivity contribution in [3.05, 3.63) is 12.4 Å². The van der Waals surface area contributed by atoms with Gasteiger partial charge >= 0.3 is 0 Å². The Balaban J connectivity index is 2.87. The van der Waals surface area contributed by atoms with Crippen LogP contribution in [0.3, 0.4) is 0 Å². The number of hydrogen-bond donors (Lipinski definition) is 2. The van der Waals surface area contributed by atoms with Gasteiger partial charge in [0.25, 0.3) is 0 Å². The zero-order chi connectivity index (χ0) is 7.40. The second-order valence-corrected chi connectivity index (χ2v) is 2.42. The molecule has 0 spiro atoms. The Kier molecular flexibility index (Phi) is 2.47. The number of rotatable bonds is 2. The van der Waals surface area contributed by atoms with Gasteiger partial charge in [-0.05, 0) is 6.26 Å². The van der Waals surface area contributed by atoms with Crippen LogP contribution in [0.15, 0.2) is 17.4 Å². The molecule has 0 saturated carbocycles. The molecule has 1 heterocycles. The topological polar surface area (TPSA) is 63.8 Å². The molecule has 0 fully saturated rings. The van der Waals surface area contributed by atoms with Crippen molar-refractivity contribution >= 4 is 17.6 Å². The minimum Gasteiger partial charge on any atom is -0.308 e. The van der Waals surface area contributed by atoms with E-state index < -0.39 is 0 Å². The fourth-order valence-electron chi connectivity index (χ4n) is 0.530. The van der Waals surface area contributed by atoms with Crippen LogP contribution in [0, 0.1) is 0 Å². The van der Waals surface area contributed by atoms with Gasteiger partial charge in [0.2, 0.25) is 0 Å². The number of thioether (sulfide) groups is 1. The van der Waals surface area contributed by atoms with E-state index in [0.29, 0.717) is 5.82 Å². The number of nitrogen functional groups attached to an aromatic ring is 1. The molecule has 0 bridgehead atoms. The van der Waals surface area contributed by atoms with E-state index >= 15 is 0 Å². The van der Waals surface area contributed by atoms with Gasteiger partial charge in [-0.3, -0.25) is 0 Å². The van der Waals surface area contributed by atoms with Gasteiger partial charge in [-0.25, -0.2) is 15.8 Å². The third-order valence-electron chi connectivity index (χ3n) is 0.999. The summed E-state index contributed by atoms with van der Waals surface area (Å²) in [5.41, 5.74) is 2.44. The second-order valence-electron chi connectivity index (χ2n) is 1.59. The Labute approximate surface area is 63.2 Å². The van der Waals surface area contributed by atoms with E-state index in [1.54, 1.807) is 17.8 Å². The summed E-state index contributed by atoms with van der Waals surface area (Å²) >= 11 is 1.55. The first-order valence-corrected chi connectivity index (χ1v) is 3.92. The number of hydrogen-bond acceptors (Lipinski definition) is 5. The molecule has 0 radical (unpaired) electrons. The van der Waals surface area contributed by atoms with Crippen LogP contribution in [0.4, 0.5) is 5.82 Å². The average molecular weight is 156 g/mol. The second kappa shape index (κ2) is 3.38. The van der Waals surface area contributed by atoms with Crippen molar-refractivity contribution in [2.75, 3.05) is 11.7 Å². The first kappa shape index (κ1) is 7.30. The molecule has 1 aromatic rings. The van der Waals surface area contributed by atoms with E-state index in [4.69, 9.17) is 5.84 Å². The van der Waals surface area contributed by atoms with Crippen LogP contribution in [0.2, 0.25) is 0 Å². The van der Waals surface area contributed by atoms with Crippen LogP contribution < -0.4 is 11.3 Å². The van der Waals surface area contributed by atoms with E-state index in [-0.39, 0.29) is 0 Å². The smallest absolute Gasteiger partial charge is 0.144 e. The van der Waals surface area contributed by atoms with Gasteiger partial charge in [-0.2, -0.15) is 0 Å². The number of aromatic nitrogens is 2. The van der Waals surface area contributed by atoms with Gasteiger partial charge in [0.1, 0.15) is 17.2 Å². The number of anilines is 1. The molecule has 0 amide bonds.